The van der Waals surface area contributed by atoms with Gasteiger partial charge in [0, 0.05) is 12.6 Å². The fraction of sp³-hybridized carbons (Fsp3) is 0.294. The van der Waals surface area contributed by atoms with E-state index in [0.717, 1.165) is 24.5 Å². The number of carboxylic acid groups (broad SMARTS) is 1. The third-order valence-corrected chi connectivity index (χ3v) is 3.82. The average Bonchev–Trinajstić information content (AvgIpc) is 3.05. The Labute approximate surface area is 141 Å². The molecule has 2 rings (SSSR count). The van der Waals surface area contributed by atoms with E-state index in [1.54, 1.807) is 13.8 Å². The zero-order valence-corrected chi connectivity index (χ0v) is 13.5. The number of hydrogen-bond acceptors (Lipinski definition) is 3. The van der Waals surface area contributed by atoms with Gasteiger partial charge in [0.15, 0.2) is 5.76 Å². The first-order chi connectivity index (χ1) is 11.6. The fourth-order valence-corrected chi connectivity index (χ4v) is 2.45. The van der Waals surface area contributed by atoms with Gasteiger partial charge in [-0.1, -0.05) is 12.1 Å². The van der Waals surface area contributed by atoms with Crippen LogP contribution >= 0.6 is 0 Å². The van der Waals surface area contributed by atoms with Gasteiger partial charge in [-0.05, 0) is 31.5 Å². The summed E-state index contributed by atoms with van der Waals surface area (Å²) in [5, 5.41) is 8.88. The van der Waals surface area contributed by atoms with Crippen LogP contribution in [-0.4, -0.2) is 28.4 Å². The molecule has 0 spiro atoms. The molecule has 1 N–H and O–H groups in total. The molecule has 8 heteroatoms. The normalized spacial score (nSPS) is 12.7. The Balaban J connectivity index is 2.30. The van der Waals surface area contributed by atoms with Gasteiger partial charge in [0.25, 0.3) is 5.91 Å². The van der Waals surface area contributed by atoms with Crippen molar-refractivity contribution >= 4 is 11.9 Å². The van der Waals surface area contributed by atoms with Crippen LogP contribution in [0.2, 0.25) is 0 Å². The summed E-state index contributed by atoms with van der Waals surface area (Å²) in [4.78, 5) is 24.7. The number of nitrogens with zero attached hydrogens (tertiary/aromatic N) is 1. The smallest absolute Gasteiger partial charge is 0.416 e. The number of carbonyl (C=O) groups excluding carboxylic acids is 1. The minimum absolute atomic E-state index is 0.175. The van der Waals surface area contributed by atoms with E-state index in [0.29, 0.717) is 5.56 Å². The maximum absolute atomic E-state index is 12.9. The van der Waals surface area contributed by atoms with E-state index in [1.165, 1.54) is 17.0 Å². The first kappa shape index (κ1) is 18.6. The molecule has 5 nitrogen and oxygen atoms in total. The number of benzene rings is 1. The van der Waals surface area contributed by atoms with E-state index in [-0.39, 0.29) is 17.9 Å². The van der Waals surface area contributed by atoms with E-state index >= 15 is 0 Å². The Kier molecular flexibility index (Phi) is 5.20. The molecule has 0 fully saturated rings. The van der Waals surface area contributed by atoms with Gasteiger partial charge in [-0.3, -0.25) is 4.79 Å². The third-order valence-electron chi connectivity index (χ3n) is 3.82. The van der Waals surface area contributed by atoms with E-state index in [2.05, 4.69) is 0 Å². The summed E-state index contributed by atoms with van der Waals surface area (Å²) in [6, 6.07) is 5.17. The molecule has 0 bridgehead atoms. The number of halogens is 3. The molecule has 1 amide bonds. The molecule has 1 heterocycles. The van der Waals surface area contributed by atoms with E-state index in [9.17, 15) is 22.8 Å². The number of amides is 1. The van der Waals surface area contributed by atoms with Crippen molar-refractivity contribution in [1.82, 2.24) is 4.90 Å². The van der Waals surface area contributed by atoms with Crippen LogP contribution in [0.5, 0.6) is 0 Å². The molecule has 1 atom stereocenters. The van der Waals surface area contributed by atoms with Gasteiger partial charge < -0.3 is 14.4 Å². The molecule has 0 aliphatic heterocycles. The summed E-state index contributed by atoms with van der Waals surface area (Å²) in [5.74, 6) is -2.02. The number of furan rings is 1. The van der Waals surface area contributed by atoms with Crippen LogP contribution in [0.15, 0.2) is 41.0 Å². The number of aromatic carboxylic acids is 1. The predicted octanol–water partition coefficient (Wildman–Crippen LogP) is 4.22. The first-order valence-corrected chi connectivity index (χ1v) is 7.45. The number of hydrogen-bond donors (Lipinski definition) is 1. The molecule has 1 unspecified atom stereocenters. The number of carbonyl (C=O) groups is 2. The van der Waals surface area contributed by atoms with Crippen molar-refractivity contribution in [1.29, 1.82) is 0 Å². The Morgan fingerprint density at radius 2 is 1.96 bits per heavy atom. The van der Waals surface area contributed by atoms with Gasteiger partial charge in [-0.25, -0.2) is 4.79 Å². The molecule has 0 saturated heterocycles. The lowest BCUT2D eigenvalue weighted by molar-refractivity contribution is -0.137. The molecule has 134 valence electrons. The van der Waals surface area contributed by atoms with Gasteiger partial charge in [0.2, 0.25) is 0 Å². The largest absolute Gasteiger partial charge is 0.478 e. The Bertz CT molecular complexity index is 782. The van der Waals surface area contributed by atoms with Crippen molar-refractivity contribution < 1.29 is 32.3 Å². The minimum atomic E-state index is -4.48. The van der Waals surface area contributed by atoms with Crippen molar-refractivity contribution in [3.63, 3.8) is 0 Å². The summed E-state index contributed by atoms with van der Waals surface area (Å²) >= 11 is 0. The summed E-state index contributed by atoms with van der Waals surface area (Å²) in [6.07, 6.45) is -3.54. The molecule has 1 aromatic carbocycles. The SMILES string of the molecule is CCN(C(=O)c1cc(C(=O)O)co1)C(C)c1cccc(C(F)(F)F)c1. The van der Waals surface area contributed by atoms with Crippen molar-refractivity contribution in [3.8, 4) is 0 Å². The quantitative estimate of drug-likeness (QED) is 0.872. The predicted molar refractivity (Wildman–Crippen MR) is 82.2 cm³/mol. The highest BCUT2D eigenvalue weighted by atomic mass is 19.4. The summed E-state index contributed by atoms with van der Waals surface area (Å²) in [7, 11) is 0. The van der Waals surface area contributed by atoms with Crippen molar-refractivity contribution in [2.75, 3.05) is 6.54 Å². The van der Waals surface area contributed by atoms with Crippen LogP contribution < -0.4 is 0 Å². The number of alkyl halides is 3. The second-order valence-corrected chi connectivity index (χ2v) is 5.40. The van der Waals surface area contributed by atoms with Gasteiger partial charge >= 0.3 is 12.1 Å². The number of carboxylic acids is 1. The zero-order chi connectivity index (χ0) is 18.8. The molecule has 0 saturated carbocycles. The van der Waals surface area contributed by atoms with E-state index in [4.69, 9.17) is 9.52 Å². The maximum atomic E-state index is 12.9. The van der Waals surface area contributed by atoms with Crippen molar-refractivity contribution in [3.05, 3.63) is 59.0 Å². The van der Waals surface area contributed by atoms with E-state index < -0.39 is 29.7 Å². The van der Waals surface area contributed by atoms with Crippen molar-refractivity contribution in [2.24, 2.45) is 0 Å². The van der Waals surface area contributed by atoms with Crippen LogP contribution in [0, 0.1) is 0 Å². The fourth-order valence-electron chi connectivity index (χ4n) is 2.45. The second kappa shape index (κ2) is 7.00. The van der Waals surface area contributed by atoms with Crippen LogP contribution in [0.3, 0.4) is 0 Å². The molecule has 0 aliphatic carbocycles. The number of rotatable bonds is 5. The molecule has 1 aromatic heterocycles. The zero-order valence-electron chi connectivity index (χ0n) is 13.5. The summed E-state index contributed by atoms with van der Waals surface area (Å²) in [5.41, 5.74) is -0.660. The average molecular weight is 355 g/mol. The van der Waals surface area contributed by atoms with Gasteiger partial charge in [-0.15, -0.1) is 0 Å². The summed E-state index contributed by atoms with van der Waals surface area (Å²) < 4.78 is 43.6. The second-order valence-electron chi connectivity index (χ2n) is 5.40. The molecule has 25 heavy (non-hydrogen) atoms. The van der Waals surface area contributed by atoms with Crippen LogP contribution in [0.1, 0.15) is 51.9 Å². The highest BCUT2D eigenvalue weighted by Crippen LogP contribution is 2.32. The third kappa shape index (κ3) is 4.01. The first-order valence-electron chi connectivity index (χ1n) is 7.45. The Morgan fingerprint density at radius 3 is 2.48 bits per heavy atom. The molecular formula is C17H16F3NO4. The standard InChI is InChI=1S/C17H16F3NO4/c1-3-21(15(22)14-8-12(9-25-14)16(23)24)10(2)11-5-4-6-13(7-11)17(18,19)20/h4-10H,3H2,1-2H3,(H,23,24). The molecular weight excluding hydrogens is 339 g/mol. The molecule has 0 aliphatic rings. The maximum Gasteiger partial charge on any atom is 0.416 e. The van der Waals surface area contributed by atoms with Gasteiger partial charge in [0.1, 0.15) is 6.26 Å². The minimum Gasteiger partial charge on any atom is -0.478 e. The topological polar surface area (TPSA) is 70.8 Å². The lowest BCUT2D eigenvalue weighted by Gasteiger charge is -2.28. The Hall–Kier alpha value is -2.77. The highest BCUT2D eigenvalue weighted by Gasteiger charge is 2.32. The van der Waals surface area contributed by atoms with Crippen LogP contribution in [-0.2, 0) is 6.18 Å². The monoisotopic (exact) mass is 355 g/mol. The summed E-state index contributed by atoms with van der Waals surface area (Å²) in [6.45, 7) is 3.47. The van der Waals surface area contributed by atoms with Crippen molar-refractivity contribution in [2.45, 2.75) is 26.1 Å². The Morgan fingerprint density at radius 1 is 1.28 bits per heavy atom. The highest BCUT2D eigenvalue weighted by molar-refractivity contribution is 5.95. The van der Waals surface area contributed by atoms with Crippen LogP contribution in [0.4, 0.5) is 13.2 Å². The lowest BCUT2D eigenvalue weighted by atomic mass is 10.0. The van der Waals surface area contributed by atoms with Gasteiger partial charge in [0.05, 0.1) is 17.2 Å². The van der Waals surface area contributed by atoms with Crippen LogP contribution in [0.25, 0.3) is 0 Å². The molecule has 2 aromatic rings. The van der Waals surface area contributed by atoms with E-state index in [1.807, 2.05) is 0 Å². The van der Waals surface area contributed by atoms with Gasteiger partial charge in [-0.2, -0.15) is 13.2 Å². The molecule has 0 radical (unpaired) electrons. The lowest BCUT2D eigenvalue weighted by Crippen LogP contribution is -2.33.